The Balaban J connectivity index is 1.60. The van der Waals surface area contributed by atoms with Crippen LogP contribution in [0.1, 0.15) is 50.8 Å². The Morgan fingerprint density at radius 1 is 1.07 bits per heavy atom. The van der Waals surface area contributed by atoms with Gasteiger partial charge in [-0.3, -0.25) is 14.2 Å². The third kappa shape index (κ3) is 3.70. The van der Waals surface area contributed by atoms with E-state index in [1.807, 2.05) is 0 Å². The summed E-state index contributed by atoms with van der Waals surface area (Å²) in [5, 5.41) is 0.403. The second-order valence-electron chi connectivity index (χ2n) is 8.98. The molecule has 1 fully saturated rings. The van der Waals surface area contributed by atoms with Crippen LogP contribution in [0.25, 0.3) is 10.9 Å². The lowest BCUT2D eigenvalue weighted by Crippen LogP contribution is -2.42. The second-order valence-corrected chi connectivity index (χ2v) is 8.98. The molecule has 6 heteroatoms. The topological polar surface area (TPSA) is 75.2 Å². The number of hydrogen-bond donors (Lipinski definition) is 1. The Morgan fingerprint density at radius 3 is 2.47 bits per heavy atom. The summed E-state index contributed by atoms with van der Waals surface area (Å²) in [5.41, 5.74) is 1.90. The van der Waals surface area contributed by atoms with E-state index in [1.54, 1.807) is 29.2 Å². The van der Waals surface area contributed by atoms with Crippen molar-refractivity contribution in [3.05, 3.63) is 80.5 Å². The van der Waals surface area contributed by atoms with E-state index in [0.29, 0.717) is 17.4 Å². The quantitative estimate of drug-likeness (QED) is 0.726. The predicted octanol–water partition coefficient (Wildman–Crippen LogP) is 3.35. The highest BCUT2D eigenvalue weighted by molar-refractivity contribution is 5.79. The maximum Gasteiger partial charge on any atom is 0.329 e. The van der Waals surface area contributed by atoms with Gasteiger partial charge in [0.15, 0.2) is 0 Å². The van der Waals surface area contributed by atoms with E-state index in [2.05, 4.69) is 50.0 Å². The van der Waals surface area contributed by atoms with Gasteiger partial charge in [-0.1, -0.05) is 57.2 Å². The largest absolute Gasteiger partial charge is 0.334 e. The average Bonchev–Trinajstić information content (AvgIpc) is 3.20. The molecule has 1 aliphatic heterocycles. The molecule has 1 N–H and O–H groups in total. The lowest BCUT2D eigenvalue weighted by molar-refractivity contribution is -0.132. The Morgan fingerprint density at radius 2 is 1.77 bits per heavy atom. The number of nitrogens with one attached hydrogen (secondary N) is 1. The Hall–Kier alpha value is -3.15. The van der Waals surface area contributed by atoms with Crippen LogP contribution >= 0.6 is 0 Å². The Labute approximate surface area is 175 Å². The summed E-state index contributed by atoms with van der Waals surface area (Å²) < 4.78 is 1.00. The summed E-state index contributed by atoms with van der Waals surface area (Å²) >= 11 is 0. The molecule has 0 spiro atoms. The number of benzene rings is 2. The first-order valence-corrected chi connectivity index (χ1v) is 10.4. The molecule has 30 heavy (non-hydrogen) atoms. The maximum atomic E-state index is 13.1. The van der Waals surface area contributed by atoms with Gasteiger partial charge in [0.05, 0.1) is 16.9 Å². The van der Waals surface area contributed by atoms with Gasteiger partial charge in [-0.15, -0.1) is 0 Å². The van der Waals surface area contributed by atoms with Gasteiger partial charge in [0.1, 0.15) is 6.54 Å². The molecule has 3 aromatic rings. The number of carbonyl (C=O) groups is 1. The second kappa shape index (κ2) is 7.59. The molecule has 0 bridgehead atoms. The SMILES string of the molecule is CC(C)(C)c1ccc(C2CCCN2C(=O)Cn2c(=O)[nH]c3ccccc3c2=O)cc1. The summed E-state index contributed by atoms with van der Waals surface area (Å²) in [6, 6.07) is 15.2. The third-order valence-corrected chi connectivity index (χ3v) is 5.92. The molecule has 1 unspecified atom stereocenters. The minimum Gasteiger partial charge on any atom is -0.334 e. The van der Waals surface area contributed by atoms with Crippen molar-refractivity contribution in [3.8, 4) is 0 Å². The number of amides is 1. The maximum absolute atomic E-state index is 13.1. The van der Waals surface area contributed by atoms with Crippen molar-refractivity contribution in [3.63, 3.8) is 0 Å². The number of para-hydroxylation sites is 1. The fraction of sp³-hybridized carbons (Fsp3) is 0.375. The first kappa shape index (κ1) is 20.1. The zero-order chi connectivity index (χ0) is 21.5. The molecule has 1 aliphatic rings. The monoisotopic (exact) mass is 405 g/mol. The molecule has 156 valence electrons. The lowest BCUT2D eigenvalue weighted by Gasteiger charge is -2.26. The first-order chi connectivity index (χ1) is 14.3. The van der Waals surface area contributed by atoms with Crippen molar-refractivity contribution in [2.75, 3.05) is 6.54 Å². The molecule has 4 rings (SSSR count). The molecule has 2 heterocycles. The van der Waals surface area contributed by atoms with Crippen molar-refractivity contribution in [1.82, 2.24) is 14.5 Å². The van der Waals surface area contributed by atoms with E-state index in [9.17, 15) is 14.4 Å². The van der Waals surface area contributed by atoms with Crippen LogP contribution in [0.5, 0.6) is 0 Å². The molecule has 6 nitrogen and oxygen atoms in total. The number of aromatic amines is 1. The van der Waals surface area contributed by atoms with E-state index in [-0.39, 0.29) is 23.9 Å². The fourth-order valence-corrected chi connectivity index (χ4v) is 4.19. The standard InChI is InChI=1S/C24H27N3O3/c1-24(2,3)17-12-10-16(11-13-17)20-9-6-14-26(20)21(28)15-27-22(29)18-7-4-5-8-19(18)25-23(27)30/h4-5,7-8,10-13,20H,6,9,14-15H2,1-3H3,(H,25,30). The molecule has 0 saturated carbocycles. The molecular formula is C24H27N3O3. The molecule has 1 aromatic heterocycles. The number of H-pyrrole nitrogens is 1. The smallest absolute Gasteiger partial charge is 0.329 e. The van der Waals surface area contributed by atoms with Crippen LogP contribution in [-0.4, -0.2) is 26.9 Å². The zero-order valence-electron chi connectivity index (χ0n) is 17.6. The van der Waals surface area contributed by atoms with Gasteiger partial charge in [-0.05, 0) is 41.5 Å². The van der Waals surface area contributed by atoms with Crippen LogP contribution in [0.2, 0.25) is 0 Å². The number of hydrogen-bond acceptors (Lipinski definition) is 3. The van der Waals surface area contributed by atoms with Gasteiger partial charge in [-0.25, -0.2) is 4.79 Å². The normalized spacial score (nSPS) is 16.9. The van der Waals surface area contributed by atoms with Gasteiger partial charge in [-0.2, -0.15) is 0 Å². The van der Waals surface area contributed by atoms with E-state index in [0.717, 1.165) is 23.0 Å². The van der Waals surface area contributed by atoms with Crippen LogP contribution in [0.3, 0.4) is 0 Å². The van der Waals surface area contributed by atoms with Crippen molar-refractivity contribution in [1.29, 1.82) is 0 Å². The highest BCUT2D eigenvalue weighted by Crippen LogP contribution is 2.33. The number of fused-ring (bicyclic) bond motifs is 1. The van der Waals surface area contributed by atoms with Crippen LogP contribution in [-0.2, 0) is 16.8 Å². The average molecular weight is 405 g/mol. The third-order valence-electron chi connectivity index (χ3n) is 5.92. The predicted molar refractivity (Wildman–Crippen MR) is 118 cm³/mol. The van der Waals surface area contributed by atoms with Crippen molar-refractivity contribution in [2.24, 2.45) is 0 Å². The molecule has 1 saturated heterocycles. The summed E-state index contributed by atoms with van der Waals surface area (Å²) in [7, 11) is 0. The van der Waals surface area contributed by atoms with Crippen LogP contribution in [0, 0.1) is 0 Å². The molecule has 1 atom stereocenters. The minimum absolute atomic E-state index is 0.0261. The van der Waals surface area contributed by atoms with Gasteiger partial charge >= 0.3 is 5.69 Å². The van der Waals surface area contributed by atoms with Crippen molar-refractivity contribution in [2.45, 2.75) is 51.6 Å². The van der Waals surface area contributed by atoms with Crippen molar-refractivity contribution < 1.29 is 4.79 Å². The zero-order valence-corrected chi connectivity index (χ0v) is 17.6. The van der Waals surface area contributed by atoms with E-state index in [1.165, 1.54) is 5.56 Å². The summed E-state index contributed by atoms with van der Waals surface area (Å²) in [4.78, 5) is 42.8. The van der Waals surface area contributed by atoms with Gasteiger partial charge < -0.3 is 9.88 Å². The van der Waals surface area contributed by atoms with Gasteiger partial charge in [0, 0.05) is 6.54 Å². The summed E-state index contributed by atoms with van der Waals surface area (Å²) in [6.07, 6.45) is 1.78. The van der Waals surface area contributed by atoms with Gasteiger partial charge in [0.25, 0.3) is 5.56 Å². The number of nitrogens with zero attached hydrogens (tertiary/aromatic N) is 2. The highest BCUT2D eigenvalue weighted by atomic mass is 16.2. The molecule has 1 amide bonds. The molecular weight excluding hydrogens is 378 g/mol. The molecule has 2 aromatic carbocycles. The molecule has 0 radical (unpaired) electrons. The Kier molecular flexibility index (Phi) is 5.10. The lowest BCUT2D eigenvalue weighted by atomic mass is 9.86. The fourth-order valence-electron chi connectivity index (χ4n) is 4.19. The number of carbonyl (C=O) groups excluding carboxylic acids is 1. The van der Waals surface area contributed by atoms with Crippen LogP contribution in [0.4, 0.5) is 0 Å². The van der Waals surface area contributed by atoms with Gasteiger partial charge in [0.2, 0.25) is 5.91 Å². The summed E-state index contributed by atoms with van der Waals surface area (Å²) in [5.74, 6) is -0.208. The number of aromatic nitrogens is 2. The van der Waals surface area contributed by atoms with E-state index < -0.39 is 11.2 Å². The minimum atomic E-state index is -0.558. The van der Waals surface area contributed by atoms with E-state index >= 15 is 0 Å². The van der Waals surface area contributed by atoms with Crippen LogP contribution < -0.4 is 11.2 Å². The number of likely N-dealkylation sites (tertiary alicyclic amines) is 1. The number of rotatable bonds is 3. The highest BCUT2D eigenvalue weighted by Gasteiger charge is 2.30. The van der Waals surface area contributed by atoms with E-state index in [4.69, 9.17) is 0 Å². The van der Waals surface area contributed by atoms with Crippen molar-refractivity contribution >= 4 is 16.8 Å². The van der Waals surface area contributed by atoms with Crippen LogP contribution in [0.15, 0.2) is 58.1 Å². The first-order valence-electron chi connectivity index (χ1n) is 10.4. The molecule has 0 aliphatic carbocycles. The Bertz CT molecular complexity index is 1200. The summed E-state index contributed by atoms with van der Waals surface area (Å²) in [6.45, 7) is 6.89.